The predicted molar refractivity (Wildman–Crippen MR) is 40.3 cm³/mol. The van der Waals surface area contributed by atoms with Crippen LogP contribution in [0.2, 0.25) is 0 Å². The quantitative estimate of drug-likeness (QED) is 0.544. The molecule has 1 saturated heterocycles. The molecule has 1 nitrogen and oxygen atoms in total. The van der Waals surface area contributed by atoms with E-state index in [-0.39, 0.29) is 0 Å². The van der Waals surface area contributed by atoms with Crippen LogP contribution in [0, 0.1) is 6.42 Å². The number of hydrogen-bond donors (Lipinski definition) is 0. The first-order valence-electron chi connectivity index (χ1n) is 3.97. The van der Waals surface area contributed by atoms with Gasteiger partial charge in [-0.15, -0.1) is 0 Å². The highest BCUT2D eigenvalue weighted by Gasteiger charge is 2.07. The zero-order valence-corrected chi connectivity index (χ0v) is 6.27. The molecule has 0 atom stereocenters. The van der Waals surface area contributed by atoms with Crippen molar-refractivity contribution in [3.63, 3.8) is 0 Å². The number of piperidine rings is 1. The lowest BCUT2D eigenvalue weighted by Crippen LogP contribution is -2.30. The van der Waals surface area contributed by atoms with E-state index in [1.165, 1.54) is 38.9 Å². The van der Waals surface area contributed by atoms with Crippen LogP contribution in [0.5, 0.6) is 0 Å². The van der Waals surface area contributed by atoms with Crippen molar-refractivity contribution >= 4 is 0 Å². The van der Waals surface area contributed by atoms with Crippen LogP contribution >= 0.6 is 0 Å². The van der Waals surface area contributed by atoms with Gasteiger partial charge in [-0.3, -0.25) is 0 Å². The summed E-state index contributed by atoms with van der Waals surface area (Å²) in [4.78, 5) is 2.54. The summed E-state index contributed by atoms with van der Waals surface area (Å²) < 4.78 is 0. The average Bonchev–Trinajstić information content (AvgIpc) is 1.91. The van der Waals surface area contributed by atoms with Gasteiger partial charge in [0, 0.05) is 0 Å². The van der Waals surface area contributed by atoms with E-state index >= 15 is 0 Å². The Bertz CT molecular complexity index is 62.2. The lowest BCUT2D eigenvalue weighted by atomic mass is 10.1. The molecule has 53 valence electrons. The Hall–Kier alpha value is -0.0400. The van der Waals surface area contributed by atoms with Crippen molar-refractivity contribution in [2.45, 2.75) is 26.2 Å². The maximum Gasteiger partial charge on any atom is -0.00160 e. The molecule has 1 heterocycles. The van der Waals surface area contributed by atoms with Gasteiger partial charge in [0.2, 0.25) is 0 Å². The lowest BCUT2D eigenvalue weighted by Gasteiger charge is -2.25. The summed E-state index contributed by atoms with van der Waals surface area (Å²) in [5, 5.41) is 0. The van der Waals surface area contributed by atoms with Crippen molar-refractivity contribution in [2.75, 3.05) is 19.6 Å². The van der Waals surface area contributed by atoms with E-state index in [1.54, 1.807) is 0 Å². The van der Waals surface area contributed by atoms with Gasteiger partial charge in [-0.05, 0) is 45.3 Å². The van der Waals surface area contributed by atoms with Gasteiger partial charge in [0.05, 0.1) is 0 Å². The fraction of sp³-hybridized carbons (Fsp3) is 0.875. The van der Waals surface area contributed by atoms with E-state index < -0.39 is 0 Å². The molecule has 0 bridgehead atoms. The highest BCUT2D eigenvalue weighted by molar-refractivity contribution is 4.75. The minimum Gasteiger partial charge on any atom is -0.303 e. The Morgan fingerprint density at radius 3 is 2.56 bits per heavy atom. The van der Waals surface area contributed by atoms with E-state index in [1.807, 2.05) is 0 Å². The second kappa shape index (κ2) is 3.89. The molecule has 0 aromatic carbocycles. The monoisotopic (exact) mass is 126 g/mol. The van der Waals surface area contributed by atoms with Crippen LogP contribution in [0.25, 0.3) is 0 Å². The molecule has 0 amide bonds. The van der Waals surface area contributed by atoms with Gasteiger partial charge in [-0.2, -0.15) is 0 Å². The summed E-state index contributed by atoms with van der Waals surface area (Å²) in [7, 11) is 0. The molecule has 1 aliphatic heterocycles. The molecule has 0 aliphatic carbocycles. The minimum atomic E-state index is 1.30. The highest BCUT2D eigenvalue weighted by atomic mass is 15.1. The molecule has 9 heavy (non-hydrogen) atoms. The van der Waals surface area contributed by atoms with Crippen LogP contribution < -0.4 is 0 Å². The summed E-state index contributed by atoms with van der Waals surface area (Å²) in [5.74, 6) is 0. The molecule has 1 radical (unpaired) electrons. The SMILES string of the molecule is CCCN1CC[CH]CC1. The van der Waals surface area contributed by atoms with Gasteiger partial charge < -0.3 is 4.90 Å². The normalized spacial score (nSPS) is 22.3. The first kappa shape index (κ1) is 7.07. The van der Waals surface area contributed by atoms with Crippen LogP contribution in [0.1, 0.15) is 26.2 Å². The molecule has 1 heteroatoms. The van der Waals surface area contributed by atoms with Crippen LogP contribution in [0.4, 0.5) is 0 Å². The number of rotatable bonds is 2. The standard InChI is InChI=1S/C8H16N/c1-2-6-9-7-4-3-5-8-9/h3H,2,4-8H2,1H3. The zero-order chi connectivity index (χ0) is 6.53. The summed E-state index contributed by atoms with van der Waals surface area (Å²) in [5.41, 5.74) is 0. The Morgan fingerprint density at radius 1 is 1.33 bits per heavy atom. The van der Waals surface area contributed by atoms with E-state index in [0.29, 0.717) is 0 Å². The van der Waals surface area contributed by atoms with Gasteiger partial charge in [-0.25, -0.2) is 0 Å². The molecular formula is C8H16N. The van der Waals surface area contributed by atoms with Crippen molar-refractivity contribution in [1.82, 2.24) is 4.90 Å². The first-order valence-corrected chi connectivity index (χ1v) is 3.97. The number of nitrogens with zero attached hydrogens (tertiary/aromatic N) is 1. The zero-order valence-electron chi connectivity index (χ0n) is 6.27. The predicted octanol–water partition coefficient (Wildman–Crippen LogP) is 1.70. The van der Waals surface area contributed by atoms with E-state index in [2.05, 4.69) is 18.2 Å². The Labute approximate surface area is 58.0 Å². The second-order valence-corrected chi connectivity index (χ2v) is 2.71. The Kier molecular flexibility index (Phi) is 3.05. The topological polar surface area (TPSA) is 3.24 Å². The fourth-order valence-electron chi connectivity index (χ4n) is 1.34. The number of likely N-dealkylation sites (tertiary alicyclic amines) is 1. The molecule has 1 rings (SSSR count). The van der Waals surface area contributed by atoms with Gasteiger partial charge in [-0.1, -0.05) is 6.92 Å². The van der Waals surface area contributed by atoms with E-state index in [9.17, 15) is 0 Å². The maximum absolute atomic E-state index is 2.54. The van der Waals surface area contributed by atoms with Gasteiger partial charge in [0.15, 0.2) is 0 Å². The van der Waals surface area contributed by atoms with Crippen LogP contribution in [0.3, 0.4) is 0 Å². The first-order chi connectivity index (χ1) is 4.43. The summed E-state index contributed by atoms with van der Waals surface area (Å²) >= 11 is 0. The summed E-state index contributed by atoms with van der Waals surface area (Å²) in [6.07, 6.45) is 6.31. The van der Waals surface area contributed by atoms with E-state index in [0.717, 1.165) is 0 Å². The largest absolute Gasteiger partial charge is 0.303 e. The molecule has 0 unspecified atom stereocenters. The Balaban J connectivity index is 2.08. The minimum absolute atomic E-state index is 1.30. The van der Waals surface area contributed by atoms with Crippen LogP contribution in [-0.2, 0) is 0 Å². The summed E-state index contributed by atoms with van der Waals surface area (Å²) in [6.45, 7) is 6.15. The summed E-state index contributed by atoms with van der Waals surface area (Å²) in [6, 6.07) is 0. The van der Waals surface area contributed by atoms with Crippen molar-refractivity contribution in [1.29, 1.82) is 0 Å². The molecular weight excluding hydrogens is 110 g/mol. The van der Waals surface area contributed by atoms with Crippen LogP contribution in [-0.4, -0.2) is 24.5 Å². The van der Waals surface area contributed by atoms with Gasteiger partial charge in [0.25, 0.3) is 0 Å². The average molecular weight is 126 g/mol. The van der Waals surface area contributed by atoms with Gasteiger partial charge >= 0.3 is 0 Å². The second-order valence-electron chi connectivity index (χ2n) is 2.71. The highest BCUT2D eigenvalue weighted by Crippen LogP contribution is 2.06. The fourth-order valence-corrected chi connectivity index (χ4v) is 1.34. The van der Waals surface area contributed by atoms with E-state index in [4.69, 9.17) is 0 Å². The Morgan fingerprint density at radius 2 is 2.00 bits per heavy atom. The third-order valence-corrected chi connectivity index (χ3v) is 1.84. The molecule has 0 saturated carbocycles. The third kappa shape index (κ3) is 2.35. The third-order valence-electron chi connectivity index (χ3n) is 1.84. The maximum atomic E-state index is 2.54. The van der Waals surface area contributed by atoms with Crippen molar-refractivity contribution in [3.8, 4) is 0 Å². The molecule has 0 aromatic rings. The molecule has 0 N–H and O–H groups in total. The lowest BCUT2D eigenvalue weighted by molar-refractivity contribution is 0.255. The number of hydrogen-bond acceptors (Lipinski definition) is 1. The smallest absolute Gasteiger partial charge is 0.00160 e. The van der Waals surface area contributed by atoms with Crippen molar-refractivity contribution < 1.29 is 0 Å². The van der Waals surface area contributed by atoms with Gasteiger partial charge in [0.1, 0.15) is 0 Å². The van der Waals surface area contributed by atoms with Crippen LogP contribution in [0.15, 0.2) is 0 Å². The molecule has 0 aromatic heterocycles. The molecule has 1 fully saturated rings. The van der Waals surface area contributed by atoms with Crippen molar-refractivity contribution in [3.05, 3.63) is 6.42 Å². The van der Waals surface area contributed by atoms with Crippen molar-refractivity contribution in [2.24, 2.45) is 0 Å². The molecule has 1 aliphatic rings. The molecule has 0 spiro atoms.